The minimum atomic E-state index is 0.235. The summed E-state index contributed by atoms with van der Waals surface area (Å²) in [6, 6.07) is 8.71. The maximum atomic E-state index is 9.33. The average molecular weight is 220 g/mol. The van der Waals surface area contributed by atoms with Gasteiger partial charge in [-0.25, -0.2) is 0 Å². The molecule has 1 atom stereocenters. The maximum absolute atomic E-state index is 9.33. The quantitative estimate of drug-likeness (QED) is 0.809. The number of aryl methyl sites for hydroxylation is 1. The molecule has 3 nitrogen and oxygen atoms in total. The molecule has 1 aromatic carbocycles. The van der Waals surface area contributed by atoms with Crippen LogP contribution >= 0.6 is 0 Å². The highest BCUT2D eigenvalue weighted by Crippen LogP contribution is 2.22. The van der Waals surface area contributed by atoms with Gasteiger partial charge < -0.3 is 10.0 Å². The number of rotatable bonds is 2. The van der Waals surface area contributed by atoms with Crippen LogP contribution in [0.25, 0.3) is 0 Å². The third-order valence-electron chi connectivity index (χ3n) is 3.44. The number of para-hydroxylation sites is 1. The Kier molecular flexibility index (Phi) is 3.46. The standard InChI is InChI=1S/C13H20N2O/c1-11-5-3-4-6-13(11)15-8-7-14(2)12(9-15)10-16/h3-6,12,16H,7-10H2,1-2H3. The zero-order chi connectivity index (χ0) is 11.5. The van der Waals surface area contributed by atoms with E-state index in [4.69, 9.17) is 0 Å². The second-order valence-corrected chi connectivity index (χ2v) is 4.55. The first-order chi connectivity index (χ1) is 7.72. The number of likely N-dealkylation sites (N-methyl/N-ethyl adjacent to an activating group) is 1. The molecule has 16 heavy (non-hydrogen) atoms. The molecule has 0 radical (unpaired) electrons. The lowest BCUT2D eigenvalue weighted by molar-refractivity contribution is 0.135. The van der Waals surface area contributed by atoms with E-state index < -0.39 is 0 Å². The van der Waals surface area contributed by atoms with Crippen LogP contribution in [0.2, 0.25) is 0 Å². The van der Waals surface area contributed by atoms with Crippen molar-refractivity contribution in [3.05, 3.63) is 29.8 Å². The third-order valence-corrected chi connectivity index (χ3v) is 3.44. The van der Waals surface area contributed by atoms with Crippen molar-refractivity contribution < 1.29 is 5.11 Å². The van der Waals surface area contributed by atoms with Crippen molar-refractivity contribution in [3.63, 3.8) is 0 Å². The molecule has 1 heterocycles. The zero-order valence-corrected chi connectivity index (χ0v) is 10.1. The molecule has 1 aliphatic heterocycles. The fourth-order valence-electron chi connectivity index (χ4n) is 2.28. The van der Waals surface area contributed by atoms with E-state index in [1.165, 1.54) is 11.3 Å². The summed E-state index contributed by atoms with van der Waals surface area (Å²) >= 11 is 0. The van der Waals surface area contributed by atoms with E-state index in [0.717, 1.165) is 19.6 Å². The summed E-state index contributed by atoms with van der Waals surface area (Å²) in [6.07, 6.45) is 0. The van der Waals surface area contributed by atoms with Crippen molar-refractivity contribution in [2.75, 3.05) is 38.2 Å². The second kappa shape index (κ2) is 4.85. The van der Waals surface area contributed by atoms with E-state index in [-0.39, 0.29) is 12.6 Å². The molecule has 0 amide bonds. The molecule has 88 valence electrons. The van der Waals surface area contributed by atoms with Crippen LogP contribution in [0.3, 0.4) is 0 Å². The Morgan fingerprint density at radius 2 is 2.06 bits per heavy atom. The number of hydrogen-bond acceptors (Lipinski definition) is 3. The normalized spacial score (nSPS) is 22.4. The van der Waals surface area contributed by atoms with Gasteiger partial charge in [-0.05, 0) is 25.6 Å². The molecule has 0 aromatic heterocycles. The van der Waals surface area contributed by atoms with Gasteiger partial charge in [0.25, 0.3) is 0 Å². The van der Waals surface area contributed by atoms with E-state index in [1.54, 1.807) is 0 Å². The highest BCUT2D eigenvalue weighted by molar-refractivity contribution is 5.53. The smallest absolute Gasteiger partial charge is 0.0604 e. The molecule has 1 unspecified atom stereocenters. The molecule has 1 N–H and O–H groups in total. The van der Waals surface area contributed by atoms with E-state index in [1.807, 2.05) is 0 Å². The van der Waals surface area contributed by atoms with Crippen LogP contribution < -0.4 is 4.90 Å². The first kappa shape index (κ1) is 11.4. The molecule has 1 saturated heterocycles. The van der Waals surface area contributed by atoms with Crippen molar-refractivity contribution >= 4 is 5.69 Å². The minimum Gasteiger partial charge on any atom is -0.395 e. The summed E-state index contributed by atoms with van der Waals surface area (Å²) in [6.45, 7) is 5.34. The van der Waals surface area contributed by atoms with Crippen molar-refractivity contribution in [1.29, 1.82) is 0 Å². The molecule has 0 spiro atoms. The second-order valence-electron chi connectivity index (χ2n) is 4.55. The Bertz CT molecular complexity index is 354. The van der Waals surface area contributed by atoms with Crippen LogP contribution in [0.15, 0.2) is 24.3 Å². The van der Waals surface area contributed by atoms with Crippen molar-refractivity contribution in [3.8, 4) is 0 Å². The predicted molar refractivity (Wildman–Crippen MR) is 66.9 cm³/mol. The topological polar surface area (TPSA) is 26.7 Å². The number of hydrogen-bond donors (Lipinski definition) is 1. The number of benzene rings is 1. The van der Waals surface area contributed by atoms with Gasteiger partial charge in [0, 0.05) is 25.3 Å². The van der Waals surface area contributed by atoms with E-state index in [0.29, 0.717) is 0 Å². The summed E-state index contributed by atoms with van der Waals surface area (Å²) in [7, 11) is 2.08. The summed E-state index contributed by atoms with van der Waals surface area (Å²) < 4.78 is 0. The fourth-order valence-corrected chi connectivity index (χ4v) is 2.28. The highest BCUT2D eigenvalue weighted by Gasteiger charge is 2.24. The molecule has 0 aliphatic carbocycles. The lowest BCUT2D eigenvalue weighted by Gasteiger charge is -2.40. The van der Waals surface area contributed by atoms with Crippen LogP contribution in [-0.4, -0.2) is 49.3 Å². The van der Waals surface area contributed by atoms with Gasteiger partial charge in [-0.2, -0.15) is 0 Å². The number of nitrogens with zero attached hydrogens (tertiary/aromatic N) is 2. The van der Waals surface area contributed by atoms with E-state index in [9.17, 15) is 5.11 Å². The van der Waals surface area contributed by atoms with Gasteiger partial charge in [-0.1, -0.05) is 18.2 Å². The lowest BCUT2D eigenvalue weighted by atomic mass is 10.1. The van der Waals surface area contributed by atoms with Gasteiger partial charge in [0.15, 0.2) is 0 Å². The zero-order valence-electron chi connectivity index (χ0n) is 10.1. The van der Waals surface area contributed by atoms with Gasteiger partial charge in [-0.15, -0.1) is 0 Å². The third kappa shape index (κ3) is 2.20. The van der Waals surface area contributed by atoms with Gasteiger partial charge in [-0.3, -0.25) is 4.90 Å². The van der Waals surface area contributed by atoms with E-state index >= 15 is 0 Å². The summed E-state index contributed by atoms with van der Waals surface area (Å²) in [5, 5.41) is 9.33. The Hall–Kier alpha value is -1.06. The molecule has 1 fully saturated rings. The SMILES string of the molecule is Cc1ccccc1N1CCN(C)C(CO)C1. The van der Waals surface area contributed by atoms with Crippen molar-refractivity contribution in [2.45, 2.75) is 13.0 Å². The molecule has 3 heteroatoms. The summed E-state index contributed by atoms with van der Waals surface area (Å²) in [5.74, 6) is 0. The Labute approximate surface area is 97.3 Å². The number of anilines is 1. The average Bonchev–Trinajstić information content (AvgIpc) is 2.31. The monoisotopic (exact) mass is 220 g/mol. The molecule has 1 aliphatic rings. The molecule has 1 aromatic rings. The van der Waals surface area contributed by atoms with Crippen molar-refractivity contribution in [2.24, 2.45) is 0 Å². The van der Waals surface area contributed by atoms with Gasteiger partial charge >= 0.3 is 0 Å². The lowest BCUT2D eigenvalue weighted by Crippen LogP contribution is -2.53. The van der Waals surface area contributed by atoms with Crippen LogP contribution in [0.5, 0.6) is 0 Å². The molecule has 0 bridgehead atoms. The van der Waals surface area contributed by atoms with Crippen LogP contribution in [0.1, 0.15) is 5.56 Å². The van der Waals surface area contributed by atoms with Crippen LogP contribution in [0.4, 0.5) is 5.69 Å². The Morgan fingerprint density at radius 3 is 2.75 bits per heavy atom. The highest BCUT2D eigenvalue weighted by atomic mass is 16.3. The van der Waals surface area contributed by atoms with Crippen LogP contribution in [0, 0.1) is 6.92 Å². The number of piperazine rings is 1. The molecule has 0 saturated carbocycles. The van der Waals surface area contributed by atoms with Crippen molar-refractivity contribution in [1.82, 2.24) is 4.90 Å². The molecular formula is C13H20N2O. The largest absolute Gasteiger partial charge is 0.395 e. The Balaban J connectivity index is 2.14. The van der Waals surface area contributed by atoms with Gasteiger partial charge in [0.2, 0.25) is 0 Å². The first-order valence-corrected chi connectivity index (χ1v) is 5.84. The molecule has 2 rings (SSSR count). The van der Waals surface area contributed by atoms with E-state index in [2.05, 4.69) is 48.0 Å². The Morgan fingerprint density at radius 1 is 1.31 bits per heavy atom. The minimum absolute atomic E-state index is 0.235. The maximum Gasteiger partial charge on any atom is 0.0604 e. The van der Waals surface area contributed by atoms with Gasteiger partial charge in [0.1, 0.15) is 0 Å². The number of aliphatic hydroxyl groups is 1. The fraction of sp³-hybridized carbons (Fsp3) is 0.538. The van der Waals surface area contributed by atoms with Gasteiger partial charge in [0.05, 0.1) is 12.6 Å². The predicted octanol–water partition coefficient (Wildman–Crippen LogP) is 1.11. The van der Waals surface area contributed by atoms with Crippen LogP contribution in [-0.2, 0) is 0 Å². The molecular weight excluding hydrogens is 200 g/mol. The number of aliphatic hydroxyl groups excluding tert-OH is 1. The summed E-state index contributed by atoms with van der Waals surface area (Å²) in [4.78, 5) is 4.60. The summed E-state index contributed by atoms with van der Waals surface area (Å²) in [5.41, 5.74) is 2.61. The first-order valence-electron chi connectivity index (χ1n) is 5.84.